The van der Waals surface area contributed by atoms with Gasteiger partial charge in [0.1, 0.15) is 5.69 Å². The van der Waals surface area contributed by atoms with E-state index in [1.165, 1.54) is 0 Å². The number of nitrogens with zero attached hydrogens (tertiary/aromatic N) is 2. The summed E-state index contributed by atoms with van der Waals surface area (Å²) in [5.41, 5.74) is 0.767. The first-order valence-electron chi connectivity index (χ1n) is 5.74. The summed E-state index contributed by atoms with van der Waals surface area (Å²) in [5.74, 6) is 0.149. The highest BCUT2D eigenvalue weighted by molar-refractivity contribution is 5.94. The molecule has 90 valence electrons. The van der Waals surface area contributed by atoms with Crippen LogP contribution in [0.1, 0.15) is 44.6 Å². The largest absolute Gasteiger partial charge is 0.312 e. The molecule has 0 aliphatic carbocycles. The van der Waals surface area contributed by atoms with E-state index in [9.17, 15) is 4.79 Å². The van der Waals surface area contributed by atoms with Crippen molar-refractivity contribution in [2.24, 2.45) is 0 Å². The van der Waals surface area contributed by atoms with Crippen LogP contribution < -0.4 is 5.32 Å². The van der Waals surface area contributed by atoms with Crippen LogP contribution in [0.4, 0.5) is 0 Å². The Bertz CT molecular complexity index is 349. The van der Waals surface area contributed by atoms with Gasteiger partial charge in [-0.25, -0.2) is 0 Å². The van der Waals surface area contributed by atoms with Crippen LogP contribution in [0.25, 0.3) is 0 Å². The maximum atomic E-state index is 11.9. The smallest absolute Gasteiger partial charge is 0.182 e. The Morgan fingerprint density at radius 2 is 2.19 bits per heavy atom. The van der Waals surface area contributed by atoms with E-state index < -0.39 is 0 Å². The van der Waals surface area contributed by atoms with Gasteiger partial charge in [-0.2, -0.15) is 5.10 Å². The quantitative estimate of drug-likeness (QED) is 0.775. The van der Waals surface area contributed by atoms with Crippen molar-refractivity contribution in [3.63, 3.8) is 0 Å². The topological polar surface area (TPSA) is 46.9 Å². The van der Waals surface area contributed by atoms with Crippen LogP contribution in [0.15, 0.2) is 12.3 Å². The lowest BCUT2D eigenvalue weighted by Gasteiger charge is -2.20. The van der Waals surface area contributed by atoms with E-state index >= 15 is 0 Å². The fourth-order valence-electron chi connectivity index (χ4n) is 1.50. The van der Waals surface area contributed by atoms with Crippen LogP contribution in [0.2, 0.25) is 0 Å². The van der Waals surface area contributed by atoms with Crippen LogP contribution in [-0.4, -0.2) is 27.6 Å². The van der Waals surface area contributed by atoms with Crippen molar-refractivity contribution in [2.75, 3.05) is 6.54 Å². The first-order valence-corrected chi connectivity index (χ1v) is 5.74. The summed E-state index contributed by atoms with van der Waals surface area (Å²) in [4.78, 5) is 11.9. The molecule has 0 radical (unpaired) electrons. The molecule has 1 aromatic rings. The van der Waals surface area contributed by atoms with E-state index in [2.05, 4.69) is 31.2 Å². The molecule has 0 unspecified atom stereocenters. The van der Waals surface area contributed by atoms with E-state index in [1.807, 2.05) is 6.92 Å². The van der Waals surface area contributed by atoms with Crippen molar-refractivity contribution >= 4 is 5.78 Å². The number of hydrogen-bond donors (Lipinski definition) is 1. The Labute approximate surface area is 97.0 Å². The number of aromatic nitrogens is 2. The summed E-state index contributed by atoms with van der Waals surface area (Å²) in [6.07, 6.45) is 2.19. The van der Waals surface area contributed by atoms with Gasteiger partial charge in [0, 0.05) is 31.2 Å². The van der Waals surface area contributed by atoms with E-state index in [1.54, 1.807) is 16.9 Å². The summed E-state index contributed by atoms with van der Waals surface area (Å²) in [6, 6.07) is 1.78. The molecule has 0 bridgehead atoms. The van der Waals surface area contributed by atoms with E-state index in [0.29, 0.717) is 18.7 Å². The van der Waals surface area contributed by atoms with E-state index in [4.69, 9.17) is 0 Å². The second kappa shape index (κ2) is 5.25. The minimum Gasteiger partial charge on any atom is -0.312 e. The maximum absolute atomic E-state index is 11.9. The molecule has 16 heavy (non-hydrogen) atoms. The number of ketones is 1. The number of carbonyl (C=O) groups is 1. The van der Waals surface area contributed by atoms with Gasteiger partial charge >= 0.3 is 0 Å². The van der Waals surface area contributed by atoms with Gasteiger partial charge in [-0.1, -0.05) is 0 Å². The summed E-state index contributed by atoms with van der Waals surface area (Å²) in [7, 11) is 0. The standard InChI is InChI=1S/C12H21N3O/c1-5-15-10(6-9-14-15)11(16)7-8-13-12(2,3)4/h6,9,13H,5,7-8H2,1-4H3. The van der Waals surface area contributed by atoms with Crippen molar-refractivity contribution in [1.82, 2.24) is 15.1 Å². The van der Waals surface area contributed by atoms with Gasteiger partial charge in [-0.05, 0) is 33.8 Å². The number of nitrogens with one attached hydrogen (secondary N) is 1. The predicted molar refractivity (Wildman–Crippen MR) is 64.6 cm³/mol. The molecular weight excluding hydrogens is 202 g/mol. The highest BCUT2D eigenvalue weighted by Gasteiger charge is 2.13. The fraction of sp³-hybridized carbons (Fsp3) is 0.667. The van der Waals surface area contributed by atoms with Gasteiger partial charge in [-0.3, -0.25) is 9.48 Å². The summed E-state index contributed by atoms with van der Waals surface area (Å²) >= 11 is 0. The molecule has 0 atom stereocenters. The molecule has 4 heteroatoms. The average molecular weight is 223 g/mol. The second-order valence-electron chi connectivity index (χ2n) is 4.88. The van der Waals surface area contributed by atoms with Gasteiger partial charge < -0.3 is 5.32 Å². The highest BCUT2D eigenvalue weighted by Crippen LogP contribution is 2.04. The Kier molecular flexibility index (Phi) is 4.24. The zero-order valence-corrected chi connectivity index (χ0v) is 10.6. The predicted octanol–water partition coefficient (Wildman–Crippen LogP) is 1.86. The third kappa shape index (κ3) is 3.77. The lowest BCUT2D eigenvalue weighted by Crippen LogP contribution is -2.37. The average Bonchev–Trinajstić information content (AvgIpc) is 2.63. The third-order valence-corrected chi connectivity index (χ3v) is 2.31. The van der Waals surface area contributed by atoms with Crippen LogP contribution in [0, 0.1) is 0 Å². The van der Waals surface area contributed by atoms with Gasteiger partial charge in [0.05, 0.1) is 0 Å². The van der Waals surface area contributed by atoms with Crippen LogP contribution in [0.5, 0.6) is 0 Å². The zero-order valence-electron chi connectivity index (χ0n) is 10.6. The summed E-state index contributed by atoms with van der Waals surface area (Å²) in [5, 5.41) is 7.39. The molecule has 0 aliphatic heterocycles. The fourth-order valence-corrected chi connectivity index (χ4v) is 1.50. The molecule has 4 nitrogen and oxygen atoms in total. The summed E-state index contributed by atoms with van der Waals surface area (Å²) in [6.45, 7) is 9.70. The van der Waals surface area contributed by atoms with E-state index in [0.717, 1.165) is 6.54 Å². The molecular formula is C12H21N3O. The SMILES string of the molecule is CCn1nccc1C(=O)CCNC(C)(C)C. The van der Waals surface area contributed by atoms with Gasteiger partial charge in [-0.15, -0.1) is 0 Å². The number of Topliss-reactive ketones (excluding diaryl/α,β-unsaturated/α-hetero) is 1. The Balaban J connectivity index is 2.47. The molecule has 0 saturated carbocycles. The normalized spacial score (nSPS) is 11.8. The molecule has 0 aliphatic rings. The van der Waals surface area contributed by atoms with Crippen molar-refractivity contribution in [3.8, 4) is 0 Å². The van der Waals surface area contributed by atoms with Crippen molar-refractivity contribution in [3.05, 3.63) is 18.0 Å². The Morgan fingerprint density at radius 3 is 2.75 bits per heavy atom. The summed E-state index contributed by atoms with van der Waals surface area (Å²) < 4.78 is 1.74. The molecule has 0 amide bonds. The molecule has 0 spiro atoms. The molecule has 1 N–H and O–H groups in total. The van der Waals surface area contributed by atoms with Gasteiger partial charge in [0.2, 0.25) is 0 Å². The molecule has 1 aromatic heterocycles. The highest BCUT2D eigenvalue weighted by atomic mass is 16.1. The third-order valence-electron chi connectivity index (χ3n) is 2.31. The molecule has 0 aromatic carbocycles. The number of hydrogen-bond acceptors (Lipinski definition) is 3. The molecule has 1 rings (SSSR count). The molecule has 1 heterocycles. The number of rotatable bonds is 5. The number of aryl methyl sites for hydroxylation is 1. The Hall–Kier alpha value is -1.16. The van der Waals surface area contributed by atoms with Crippen molar-refractivity contribution < 1.29 is 4.79 Å². The lowest BCUT2D eigenvalue weighted by atomic mass is 10.1. The minimum absolute atomic E-state index is 0.0608. The van der Waals surface area contributed by atoms with Crippen LogP contribution >= 0.6 is 0 Å². The molecule has 0 saturated heterocycles. The number of carbonyl (C=O) groups excluding carboxylic acids is 1. The zero-order chi connectivity index (χ0) is 12.2. The van der Waals surface area contributed by atoms with Crippen molar-refractivity contribution in [1.29, 1.82) is 0 Å². The van der Waals surface area contributed by atoms with E-state index in [-0.39, 0.29) is 11.3 Å². The lowest BCUT2D eigenvalue weighted by molar-refractivity contribution is 0.0970. The second-order valence-corrected chi connectivity index (χ2v) is 4.88. The molecule has 0 fully saturated rings. The minimum atomic E-state index is 0.0608. The van der Waals surface area contributed by atoms with Gasteiger partial charge in [0.25, 0.3) is 0 Å². The monoisotopic (exact) mass is 223 g/mol. The van der Waals surface area contributed by atoms with Crippen molar-refractivity contribution in [2.45, 2.75) is 46.2 Å². The maximum Gasteiger partial charge on any atom is 0.182 e. The first kappa shape index (κ1) is 12.9. The van der Waals surface area contributed by atoms with Gasteiger partial charge in [0.15, 0.2) is 5.78 Å². The first-order chi connectivity index (χ1) is 7.44. The van der Waals surface area contributed by atoms with Crippen LogP contribution in [-0.2, 0) is 6.54 Å². The van der Waals surface area contributed by atoms with Crippen LogP contribution in [0.3, 0.4) is 0 Å². The Morgan fingerprint density at radius 1 is 1.50 bits per heavy atom.